The number of hydrogen-bond acceptors (Lipinski definition) is 6. The number of rotatable bonds is 13. The van der Waals surface area contributed by atoms with Crippen molar-refractivity contribution in [1.29, 1.82) is 0 Å². The SMILES string of the molecule is COCCOCCOCCOc1ccc(CC(C)C)cc1C(=O)[O-]. The van der Waals surface area contributed by atoms with E-state index in [1.165, 1.54) is 0 Å². The van der Waals surface area contributed by atoms with E-state index < -0.39 is 5.97 Å². The molecule has 1 aromatic carbocycles. The Bertz CT molecular complexity index is 486. The van der Waals surface area contributed by atoms with Crippen LogP contribution in [0, 0.1) is 5.92 Å². The van der Waals surface area contributed by atoms with Crippen LogP contribution in [0.4, 0.5) is 0 Å². The minimum absolute atomic E-state index is 0.0797. The van der Waals surface area contributed by atoms with Gasteiger partial charge in [0, 0.05) is 12.7 Å². The fraction of sp³-hybridized carbons (Fsp3) is 0.611. The number of benzene rings is 1. The van der Waals surface area contributed by atoms with Gasteiger partial charge in [-0.05, 0) is 30.0 Å². The van der Waals surface area contributed by atoms with E-state index in [0.717, 1.165) is 12.0 Å². The van der Waals surface area contributed by atoms with Gasteiger partial charge in [0.2, 0.25) is 0 Å². The lowest BCUT2D eigenvalue weighted by Gasteiger charge is -2.15. The molecule has 0 aliphatic carbocycles. The van der Waals surface area contributed by atoms with Gasteiger partial charge in [-0.3, -0.25) is 0 Å². The highest BCUT2D eigenvalue weighted by Crippen LogP contribution is 2.21. The van der Waals surface area contributed by atoms with Crippen LogP contribution in [0.1, 0.15) is 29.8 Å². The minimum atomic E-state index is -1.23. The molecule has 0 atom stereocenters. The Morgan fingerprint density at radius 3 is 2.25 bits per heavy atom. The molecule has 0 fully saturated rings. The van der Waals surface area contributed by atoms with Crippen molar-refractivity contribution in [1.82, 2.24) is 0 Å². The Kier molecular flexibility index (Phi) is 10.1. The van der Waals surface area contributed by atoms with Crippen molar-refractivity contribution in [3.63, 3.8) is 0 Å². The highest BCUT2D eigenvalue weighted by Gasteiger charge is 2.08. The van der Waals surface area contributed by atoms with Crippen molar-refractivity contribution < 1.29 is 28.8 Å². The van der Waals surface area contributed by atoms with E-state index in [1.807, 2.05) is 6.07 Å². The third kappa shape index (κ3) is 8.29. The Labute approximate surface area is 143 Å². The lowest BCUT2D eigenvalue weighted by molar-refractivity contribution is -0.255. The number of ether oxygens (including phenoxy) is 4. The smallest absolute Gasteiger partial charge is 0.128 e. The number of carboxylic acid groups (broad SMARTS) is 1. The summed E-state index contributed by atoms with van der Waals surface area (Å²) in [6.45, 7) is 6.82. The van der Waals surface area contributed by atoms with E-state index in [-0.39, 0.29) is 12.2 Å². The molecule has 0 aliphatic heterocycles. The van der Waals surface area contributed by atoms with Gasteiger partial charge in [0.05, 0.1) is 39.0 Å². The minimum Gasteiger partial charge on any atom is -0.545 e. The molecule has 0 radical (unpaired) electrons. The zero-order valence-electron chi connectivity index (χ0n) is 14.7. The molecule has 136 valence electrons. The molecular formula is C18H27O6-. The first-order valence-corrected chi connectivity index (χ1v) is 8.16. The van der Waals surface area contributed by atoms with Crippen molar-refractivity contribution in [2.75, 3.05) is 46.8 Å². The van der Waals surface area contributed by atoms with Crippen LogP contribution in [0.3, 0.4) is 0 Å². The lowest BCUT2D eigenvalue weighted by atomic mass is 10.0. The third-order valence-corrected chi connectivity index (χ3v) is 3.20. The summed E-state index contributed by atoms with van der Waals surface area (Å²) in [5.74, 6) is -0.476. The van der Waals surface area contributed by atoms with Gasteiger partial charge in [0.15, 0.2) is 0 Å². The van der Waals surface area contributed by atoms with Crippen LogP contribution in [-0.4, -0.2) is 52.7 Å². The molecule has 0 saturated carbocycles. The predicted molar refractivity (Wildman–Crippen MR) is 88.3 cm³/mol. The van der Waals surface area contributed by atoms with E-state index in [2.05, 4.69) is 13.8 Å². The fourth-order valence-electron chi connectivity index (χ4n) is 2.14. The molecule has 1 rings (SSSR count). The number of carboxylic acids is 1. The van der Waals surface area contributed by atoms with Crippen LogP contribution in [0.2, 0.25) is 0 Å². The molecule has 0 bridgehead atoms. The molecule has 0 unspecified atom stereocenters. The van der Waals surface area contributed by atoms with Gasteiger partial charge in [0.25, 0.3) is 0 Å². The monoisotopic (exact) mass is 339 g/mol. The van der Waals surface area contributed by atoms with Crippen LogP contribution in [0.15, 0.2) is 18.2 Å². The van der Waals surface area contributed by atoms with Crippen molar-refractivity contribution in [3.05, 3.63) is 29.3 Å². The zero-order chi connectivity index (χ0) is 17.8. The van der Waals surface area contributed by atoms with Crippen LogP contribution < -0.4 is 9.84 Å². The van der Waals surface area contributed by atoms with Gasteiger partial charge in [-0.1, -0.05) is 19.9 Å². The molecule has 6 nitrogen and oxygen atoms in total. The van der Waals surface area contributed by atoms with Crippen molar-refractivity contribution in [3.8, 4) is 5.75 Å². The first-order valence-electron chi connectivity index (χ1n) is 8.16. The topological polar surface area (TPSA) is 77.0 Å². The van der Waals surface area contributed by atoms with Crippen molar-refractivity contribution in [2.24, 2.45) is 5.92 Å². The summed E-state index contributed by atoms with van der Waals surface area (Å²) in [5, 5.41) is 11.3. The number of carbonyl (C=O) groups is 1. The molecule has 0 aromatic heterocycles. The van der Waals surface area contributed by atoms with E-state index in [0.29, 0.717) is 44.7 Å². The Morgan fingerprint density at radius 1 is 1.04 bits per heavy atom. The Balaban J connectivity index is 2.35. The number of methoxy groups -OCH3 is 1. The summed E-state index contributed by atoms with van der Waals surface area (Å²) in [4.78, 5) is 11.3. The van der Waals surface area contributed by atoms with Gasteiger partial charge in [-0.2, -0.15) is 0 Å². The molecule has 0 aliphatic rings. The largest absolute Gasteiger partial charge is 0.545 e. The molecule has 0 heterocycles. The summed E-state index contributed by atoms with van der Waals surface area (Å²) in [6, 6.07) is 5.18. The maximum atomic E-state index is 11.3. The van der Waals surface area contributed by atoms with Crippen LogP contribution in [0.5, 0.6) is 5.75 Å². The second-order valence-corrected chi connectivity index (χ2v) is 5.78. The van der Waals surface area contributed by atoms with Gasteiger partial charge in [-0.15, -0.1) is 0 Å². The molecule has 0 amide bonds. The Hall–Kier alpha value is -1.63. The van der Waals surface area contributed by atoms with Crippen molar-refractivity contribution in [2.45, 2.75) is 20.3 Å². The lowest BCUT2D eigenvalue weighted by Crippen LogP contribution is -2.24. The van der Waals surface area contributed by atoms with Gasteiger partial charge in [0.1, 0.15) is 12.4 Å². The number of aromatic carboxylic acids is 1. The van der Waals surface area contributed by atoms with Gasteiger partial charge >= 0.3 is 0 Å². The highest BCUT2D eigenvalue weighted by atomic mass is 16.6. The number of hydrogen-bond donors (Lipinski definition) is 0. The maximum Gasteiger partial charge on any atom is 0.128 e. The normalized spacial score (nSPS) is 11.0. The highest BCUT2D eigenvalue weighted by molar-refractivity contribution is 5.89. The van der Waals surface area contributed by atoms with E-state index >= 15 is 0 Å². The summed E-state index contributed by atoms with van der Waals surface area (Å²) >= 11 is 0. The second-order valence-electron chi connectivity index (χ2n) is 5.78. The summed E-state index contributed by atoms with van der Waals surface area (Å²) < 4.78 is 21.0. The molecule has 24 heavy (non-hydrogen) atoms. The van der Waals surface area contributed by atoms with Gasteiger partial charge in [-0.25, -0.2) is 0 Å². The average molecular weight is 339 g/mol. The quantitative estimate of drug-likeness (QED) is 0.504. The first kappa shape index (κ1) is 20.4. The van der Waals surface area contributed by atoms with E-state index in [4.69, 9.17) is 18.9 Å². The predicted octanol–water partition coefficient (Wildman–Crippen LogP) is 1.31. The molecule has 1 aromatic rings. The molecular weight excluding hydrogens is 312 g/mol. The second kappa shape index (κ2) is 11.8. The van der Waals surface area contributed by atoms with Crippen LogP contribution in [0.25, 0.3) is 0 Å². The maximum absolute atomic E-state index is 11.3. The summed E-state index contributed by atoms with van der Waals surface area (Å²) in [6.07, 6.45) is 0.812. The third-order valence-electron chi connectivity index (χ3n) is 3.20. The fourth-order valence-corrected chi connectivity index (χ4v) is 2.14. The molecule has 0 saturated heterocycles. The molecule has 0 spiro atoms. The number of carbonyl (C=O) groups excluding carboxylic acids is 1. The van der Waals surface area contributed by atoms with Crippen LogP contribution >= 0.6 is 0 Å². The first-order chi connectivity index (χ1) is 11.5. The zero-order valence-corrected chi connectivity index (χ0v) is 14.7. The standard InChI is InChI=1S/C18H28O6/c1-14(2)12-15-4-5-17(16(13-15)18(19)20)24-11-10-23-9-8-22-7-6-21-3/h4-5,13-14H,6-12H2,1-3H3,(H,19,20)/p-1. The molecule has 6 heteroatoms. The summed E-state index contributed by atoms with van der Waals surface area (Å²) in [7, 11) is 1.62. The molecule has 0 N–H and O–H groups in total. The Morgan fingerprint density at radius 2 is 1.67 bits per heavy atom. The average Bonchev–Trinajstić information content (AvgIpc) is 2.53. The van der Waals surface area contributed by atoms with Gasteiger partial charge < -0.3 is 28.8 Å². The van der Waals surface area contributed by atoms with E-state index in [9.17, 15) is 9.90 Å². The van der Waals surface area contributed by atoms with Crippen molar-refractivity contribution >= 4 is 5.97 Å². The summed E-state index contributed by atoms with van der Waals surface area (Å²) in [5.41, 5.74) is 1.04. The van der Waals surface area contributed by atoms with E-state index in [1.54, 1.807) is 19.2 Å². The van der Waals surface area contributed by atoms with Crippen LogP contribution in [-0.2, 0) is 20.6 Å².